The second-order valence-electron chi connectivity index (χ2n) is 9.18. The van der Waals surface area contributed by atoms with E-state index in [2.05, 4.69) is 25.9 Å². The molecular weight excluding hydrogens is 485 g/mol. The number of hydrogen-bond acceptors (Lipinski definition) is 9. The molecule has 2 aliphatic rings. The number of anilines is 2. The molecule has 1 unspecified atom stereocenters. The Labute approximate surface area is 212 Å². The van der Waals surface area contributed by atoms with E-state index < -0.39 is 5.82 Å². The van der Waals surface area contributed by atoms with Gasteiger partial charge in [-0.2, -0.15) is 0 Å². The van der Waals surface area contributed by atoms with Gasteiger partial charge in [0.05, 0.1) is 40.9 Å². The molecule has 5 rings (SSSR count). The Hall–Kier alpha value is -2.86. The lowest BCUT2D eigenvalue weighted by Gasteiger charge is -2.27. The Morgan fingerprint density at radius 2 is 2.14 bits per heavy atom. The van der Waals surface area contributed by atoms with E-state index in [4.69, 9.17) is 9.47 Å². The van der Waals surface area contributed by atoms with Crippen molar-refractivity contribution in [1.82, 2.24) is 20.6 Å². The van der Waals surface area contributed by atoms with Crippen molar-refractivity contribution >= 4 is 39.0 Å². The van der Waals surface area contributed by atoms with Crippen LogP contribution in [0.25, 0.3) is 10.2 Å². The number of halogens is 1. The first-order chi connectivity index (χ1) is 17.5. The number of thiophene rings is 1. The van der Waals surface area contributed by atoms with Crippen LogP contribution in [0.3, 0.4) is 0 Å². The quantitative estimate of drug-likeness (QED) is 0.379. The summed E-state index contributed by atoms with van der Waals surface area (Å²) in [6.07, 6.45) is 3.73. The van der Waals surface area contributed by atoms with Gasteiger partial charge in [-0.15, -0.1) is 11.3 Å². The lowest BCUT2D eigenvalue weighted by molar-refractivity contribution is 0.0287. The normalized spacial score (nSPS) is 22.4. The number of morpholine rings is 1. The van der Waals surface area contributed by atoms with Gasteiger partial charge in [0.25, 0.3) is 5.91 Å². The molecule has 3 heterocycles. The van der Waals surface area contributed by atoms with Gasteiger partial charge in [0.15, 0.2) is 0 Å². The van der Waals surface area contributed by atoms with Crippen molar-refractivity contribution < 1.29 is 23.8 Å². The maximum Gasteiger partial charge on any atom is 0.261 e. The number of aliphatic hydroxyl groups excluding tert-OH is 1. The summed E-state index contributed by atoms with van der Waals surface area (Å²) >= 11 is 1.30. The number of hydrogen-bond donors (Lipinski definition) is 4. The van der Waals surface area contributed by atoms with Crippen molar-refractivity contribution in [3.8, 4) is 5.75 Å². The molecule has 1 aliphatic carbocycles. The average Bonchev–Trinajstić information content (AvgIpc) is 3.23. The zero-order valence-electron chi connectivity index (χ0n) is 20.1. The second kappa shape index (κ2) is 11.0. The van der Waals surface area contributed by atoms with Crippen LogP contribution in [0.1, 0.15) is 40.9 Å². The van der Waals surface area contributed by atoms with Crippen LogP contribution in [-0.2, 0) is 4.74 Å². The van der Waals surface area contributed by atoms with Crippen LogP contribution in [0.15, 0.2) is 24.5 Å². The minimum Gasteiger partial charge on any atom is -0.488 e. The Bertz CT molecular complexity index is 1220. The van der Waals surface area contributed by atoms with Gasteiger partial charge in [0, 0.05) is 25.7 Å². The Morgan fingerprint density at radius 3 is 2.92 bits per heavy atom. The summed E-state index contributed by atoms with van der Waals surface area (Å²) in [5.41, 5.74) is 1.34. The van der Waals surface area contributed by atoms with Crippen molar-refractivity contribution in [2.75, 3.05) is 31.6 Å². The molecule has 9 nitrogen and oxygen atoms in total. The van der Waals surface area contributed by atoms with Gasteiger partial charge in [-0.3, -0.25) is 4.79 Å². The van der Waals surface area contributed by atoms with E-state index in [0.717, 1.165) is 17.5 Å². The topological polar surface area (TPSA) is 118 Å². The fourth-order valence-electron chi connectivity index (χ4n) is 4.59. The lowest BCUT2D eigenvalue weighted by atomic mass is 9.95. The summed E-state index contributed by atoms with van der Waals surface area (Å²) < 4.78 is 25.9. The lowest BCUT2D eigenvalue weighted by Crippen LogP contribution is -2.45. The summed E-state index contributed by atoms with van der Waals surface area (Å²) in [4.78, 5) is 23.0. The van der Waals surface area contributed by atoms with E-state index in [9.17, 15) is 14.3 Å². The first-order valence-electron chi connectivity index (χ1n) is 12.2. The van der Waals surface area contributed by atoms with Crippen LogP contribution in [-0.4, -0.2) is 65.5 Å². The maximum atomic E-state index is 14.1. The van der Waals surface area contributed by atoms with Gasteiger partial charge in [-0.1, -0.05) is 0 Å². The van der Waals surface area contributed by atoms with E-state index in [1.807, 2.05) is 6.92 Å². The number of benzene rings is 1. The number of ether oxygens (including phenoxy) is 2. The number of aliphatic hydroxyl groups is 1. The molecule has 1 saturated heterocycles. The van der Waals surface area contributed by atoms with Gasteiger partial charge < -0.3 is 30.5 Å². The molecule has 2 aromatic heterocycles. The van der Waals surface area contributed by atoms with E-state index >= 15 is 0 Å². The van der Waals surface area contributed by atoms with Crippen molar-refractivity contribution in [3.05, 3.63) is 40.8 Å². The van der Waals surface area contributed by atoms with E-state index in [-0.39, 0.29) is 24.2 Å². The fraction of sp³-hybridized carbons (Fsp3) is 0.480. The molecule has 1 amide bonds. The first kappa shape index (κ1) is 24.8. The third-order valence-corrected chi connectivity index (χ3v) is 7.76. The molecule has 0 spiro atoms. The largest absolute Gasteiger partial charge is 0.488 e. The van der Waals surface area contributed by atoms with Gasteiger partial charge in [0.1, 0.15) is 28.5 Å². The van der Waals surface area contributed by atoms with Gasteiger partial charge in [-0.05, 0) is 50.3 Å². The number of nitrogens with zero attached hydrogens (tertiary/aromatic N) is 2. The highest BCUT2D eigenvalue weighted by Crippen LogP contribution is 2.37. The number of carbonyl (C=O) groups is 1. The third kappa shape index (κ3) is 5.59. The zero-order chi connectivity index (χ0) is 25.1. The van der Waals surface area contributed by atoms with Crippen LogP contribution in [0.4, 0.5) is 15.9 Å². The van der Waals surface area contributed by atoms with E-state index in [1.165, 1.54) is 29.8 Å². The highest BCUT2D eigenvalue weighted by molar-refractivity contribution is 7.20. The number of rotatable bonds is 7. The zero-order valence-corrected chi connectivity index (χ0v) is 20.9. The highest BCUT2D eigenvalue weighted by atomic mass is 32.1. The van der Waals surface area contributed by atoms with Crippen LogP contribution in [0.5, 0.6) is 5.75 Å². The van der Waals surface area contributed by atoms with Crippen molar-refractivity contribution in [2.24, 2.45) is 0 Å². The van der Waals surface area contributed by atoms with Crippen molar-refractivity contribution in [1.29, 1.82) is 0 Å². The third-order valence-electron chi connectivity index (χ3n) is 6.56. The minimum absolute atomic E-state index is 0.0567. The SMILES string of the molecule is Cc1c(C(=O)NCC2CNCCO2)sc2ncnc(Nc3ccc(F)cc3O[C@H]3CC[C@H](O)CC3)c12. The Kier molecular flexibility index (Phi) is 7.61. The number of amides is 1. The molecule has 0 radical (unpaired) electrons. The smallest absolute Gasteiger partial charge is 0.261 e. The molecule has 11 heteroatoms. The van der Waals surface area contributed by atoms with Gasteiger partial charge in [-0.25, -0.2) is 14.4 Å². The standard InChI is InChI=1S/C25H30FN5O4S/c1-14-21-23(31-19-7-2-15(26)10-20(19)35-17-5-3-16(32)4-6-17)29-13-30-25(21)36-22(14)24(33)28-12-18-11-27-8-9-34-18/h2,7,10,13,16-18,27,32H,3-6,8-9,11-12H2,1H3,(H,28,33)(H,29,30,31)/t16-,17-,18?. The van der Waals surface area contributed by atoms with Crippen LogP contribution >= 0.6 is 11.3 Å². The molecule has 0 bridgehead atoms. The summed E-state index contributed by atoms with van der Waals surface area (Å²) in [6, 6.07) is 4.33. The number of fused-ring (bicyclic) bond motifs is 1. The van der Waals surface area contributed by atoms with Crippen LogP contribution in [0.2, 0.25) is 0 Å². The summed E-state index contributed by atoms with van der Waals surface area (Å²) in [5, 5.41) is 20.0. The average molecular weight is 516 g/mol. The van der Waals surface area contributed by atoms with Crippen LogP contribution < -0.4 is 20.7 Å². The summed E-state index contributed by atoms with van der Waals surface area (Å²) in [7, 11) is 0. The van der Waals surface area contributed by atoms with Crippen molar-refractivity contribution in [2.45, 2.75) is 50.9 Å². The molecule has 1 atom stereocenters. The monoisotopic (exact) mass is 515 g/mol. The number of aryl methyl sites for hydroxylation is 1. The molecular formula is C25H30FN5O4S. The van der Waals surface area contributed by atoms with E-state index in [0.29, 0.717) is 72.3 Å². The predicted molar refractivity (Wildman–Crippen MR) is 136 cm³/mol. The van der Waals surface area contributed by atoms with Crippen molar-refractivity contribution in [3.63, 3.8) is 0 Å². The van der Waals surface area contributed by atoms with Gasteiger partial charge in [0.2, 0.25) is 0 Å². The molecule has 192 valence electrons. The molecule has 3 aromatic rings. The maximum absolute atomic E-state index is 14.1. The summed E-state index contributed by atoms with van der Waals surface area (Å²) in [6.45, 7) is 4.44. The molecule has 1 saturated carbocycles. The number of carbonyl (C=O) groups excluding carboxylic acids is 1. The molecule has 2 fully saturated rings. The molecule has 36 heavy (non-hydrogen) atoms. The molecule has 4 N–H and O–H groups in total. The Balaban J connectivity index is 1.36. The first-order valence-corrected chi connectivity index (χ1v) is 13.1. The molecule has 1 aliphatic heterocycles. The Morgan fingerprint density at radius 1 is 1.31 bits per heavy atom. The summed E-state index contributed by atoms with van der Waals surface area (Å²) in [5.74, 6) is 0.321. The molecule has 1 aromatic carbocycles. The number of aromatic nitrogens is 2. The highest BCUT2D eigenvalue weighted by Gasteiger charge is 2.24. The van der Waals surface area contributed by atoms with Gasteiger partial charge >= 0.3 is 0 Å². The predicted octanol–water partition coefficient (Wildman–Crippen LogP) is 3.28. The minimum atomic E-state index is -0.401. The van der Waals surface area contributed by atoms with Crippen LogP contribution in [0, 0.1) is 12.7 Å². The van der Waals surface area contributed by atoms with E-state index in [1.54, 1.807) is 6.07 Å². The number of nitrogens with one attached hydrogen (secondary N) is 3. The fourth-order valence-corrected chi connectivity index (χ4v) is 5.65. The second-order valence-corrected chi connectivity index (χ2v) is 10.2.